The summed E-state index contributed by atoms with van der Waals surface area (Å²) >= 11 is 0. The monoisotopic (exact) mass is 281 g/mol. The van der Waals surface area contributed by atoms with Crippen molar-refractivity contribution in [3.63, 3.8) is 0 Å². The van der Waals surface area contributed by atoms with Gasteiger partial charge in [0.25, 0.3) is 0 Å². The first-order chi connectivity index (χ1) is 10.4. The molecule has 2 aliphatic rings. The normalized spacial score (nSPS) is 18.1. The minimum Gasteiger partial charge on any atom is -0.353 e. The second-order valence-corrected chi connectivity index (χ2v) is 4.40. The molecule has 1 aromatic rings. The smallest absolute Gasteiger partial charge is 0.142 e. The number of nitrogens with zero attached hydrogens (tertiary/aromatic N) is 4. The molecule has 0 saturated carbocycles. The van der Waals surface area contributed by atoms with E-state index in [9.17, 15) is 0 Å². The number of aromatic nitrogens is 1. The summed E-state index contributed by atoms with van der Waals surface area (Å²) in [5.74, 6) is 0.865. The molecular weight excluding hydrogens is 262 g/mol. The lowest BCUT2D eigenvalue weighted by molar-refractivity contribution is 0.732. The number of nitriles is 1. The fourth-order valence-electron chi connectivity index (χ4n) is 2.19. The van der Waals surface area contributed by atoms with Gasteiger partial charge in [-0.25, -0.2) is 4.98 Å². The van der Waals surface area contributed by atoms with Crippen LogP contribution in [0.4, 0.5) is 5.82 Å². The number of hydrogen-bond acceptors (Lipinski definition) is 5. The fraction of sp³-hybridized carbons (Fsp3) is 0.312. The van der Waals surface area contributed by atoms with Gasteiger partial charge in [-0.1, -0.05) is 26.0 Å². The van der Waals surface area contributed by atoms with Gasteiger partial charge in [-0.05, 0) is 18.2 Å². The summed E-state index contributed by atoms with van der Waals surface area (Å²) in [6, 6.07) is 5.89. The third-order valence-electron chi connectivity index (χ3n) is 3.11. The van der Waals surface area contributed by atoms with Crippen molar-refractivity contribution in [2.75, 3.05) is 18.0 Å². The van der Waals surface area contributed by atoms with Gasteiger partial charge in [0.1, 0.15) is 17.6 Å². The van der Waals surface area contributed by atoms with Crippen molar-refractivity contribution in [1.82, 2.24) is 10.3 Å². The Morgan fingerprint density at radius 3 is 3.00 bits per heavy atom. The van der Waals surface area contributed by atoms with Gasteiger partial charge >= 0.3 is 0 Å². The van der Waals surface area contributed by atoms with Gasteiger partial charge in [0.15, 0.2) is 0 Å². The van der Waals surface area contributed by atoms with Crippen molar-refractivity contribution in [1.29, 1.82) is 5.26 Å². The number of rotatable bonds is 2. The van der Waals surface area contributed by atoms with Crippen LogP contribution < -0.4 is 10.2 Å². The van der Waals surface area contributed by atoms with E-state index in [1.165, 1.54) is 0 Å². The van der Waals surface area contributed by atoms with Crippen molar-refractivity contribution < 1.29 is 0 Å². The van der Waals surface area contributed by atoms with Gasteiger partial charge in [-0.2, -0.15) is 5.26 Å². The average Bonchev–Trinajstić information content (AvgIpc) is 2.57. The van der Waals surface area contributed by atoms with Crippen LogP contribution >= 0.6 is 0 Å². The average molecular weight is 281 g/mol. The number of pyridine rings is 1. The number of aliphatic imine (C=N–C) groups is 1. The number of hydrogen-bond donors (Lipinski definition) is 1. The van der Waals surface area contributed by atoms with E-state index in [2.05, 4.69) is 32.3 Å². The number of anilines is 1. The van der Waals surface area contributed by atoms with Gasteiger partial charge < -0.3 is 10.2 Å². The van der Waals surface area contributed by atoms with Crippen LogP contribution in [0.25, 0.3) is 6.08 Å². The highest BCUT2D eigenvalue weighted by molar-refractivity contribution is 5.68. The molecule has 0 saturated heterocycles. The lowest BCUT2D eigenvalue weighted by Gasteiger charge is -2.29. The summed E-state index contributed by atoms with van der Waals surface area (Å²) in [7, 11) is 0. The largest absolute Gasteiger partial charge is 0.353 e. The first kappa shape index (κ1) is 14.8. The minimum atomic E-state index is 0.119. The molecule has 0 aliphatic carbocycles. The standard InChI is InChI=1S/C14H13N5.C2H6/c15-8-12-4-3-11-2-1-7-19(14(11)18-12)9-13-5-6-16-10-17-13;1-2/h1-6,10,13H,7,9H2,(H,16,17);1-2H3. The Kier molecular flexibility index (Phi) is 5.10. The molecule has 0 radical (unpaired) electrons. The van der Waals surface area contributed by atoms with Crippen LogP contribution in [0.5, 0.6) is 0 Å². The molecule has 108 valence electrons. The maximum Gasteiger partial charge on any atom is 0.142 e. The first-order valence-electron chi connectivity index (χ1n) is 7.14. The third kappa shape index (κ3) is 3.48. The Bertz CT molecular complexity index is 598. The molecule has 1 N–H and O–H groups in total. The van der Waals surface area contributed by atoms with Gasteiger partial charge in [-0.15, -0.1) is 0 Å². The third-order valence-corrected chi connectivity index (χ3v) is 3.11. The Morgan fingerprint density at radius 1 is 1.43 bits per heavy atom. The molecule has 1 aromatic heterocycles. The second kappa shape index (κ2) is 7.25. The van der Waals surface area contributed by atoms with Crippen LogP contribution in [0.3, 0.4) is 0 Å². The molecule has 0 bridgehead atoms. The number of fused-ring (bicyclic) bond motifs is 1. The van der Waals surface area contributed by atoms with Crippen LogP contribution in [0.15, 0.2) is 35.5 Å². The molecule has 5 heteroatoms. The summed E-state index contributed by atoms with van der Waals surface area (Å²) in [6.07, 6.45) is 9.75. The molecule has 5 nitrogen and oxygen atoms in total. The molecule has 2 aliphatic heterocycles. The van der Waals surface area contributed by atoms with E-state index in [4.69, 9.17) is 5.26 Å². The maximum absolute atomic E-state index is 8.95. The quantitative estimate of drug-likeness (QED) is 0.903. The van der Waals surface area contributed by atoms with E-state index >= 15 is 0 Å². The van der Waals surface area contributed by atoms with Crippen LogP contribution in [-0.2, 0) is 0 Å². The van der Waals surface area contributed by atoms with Gasteiger partial charge in [-0.3, -0.25) is 4.99 Å². The van der Waals surface area contributed by atoms with Crippen molar-refractivity contribution >= 4 is 18.2 Å². The predicted octanol–water partition coefficient (Wildman–Crippen LogP) is 2.33. The minimum absolute atomic E-state index is 0.119. The van der Waals surface area contributed by atoms with E-state index in [-0.39, 0.29) is 6.04 Å². The Hall–Kier alpha value is -2.61. The molecule has 0 fully saturated rings. The van der Waals surface area contributed by atoms with E-state index in [1.807, 2.05) is 38.3 Å². The second-order valence-electron chi connectivity index (χ2n) is 4.40. The van der Waals surface area contributed by atoms with Crippen molar-refractivity contribution in [3.05, 3.63) is 41.7 Å². The molecule has 1 atom stereocenters. The van der Waals surface area contributed by atoms with Crippen molar-refractivity contribution in [2.45, 2.75) is 19.9 Å². The van der Waals surface area contributed by atoms with Crippen molar-refractivity contribution in [3.8, 4) is 6.07 Å². The zero-order chi connectivity index (χ0) is 15.1. The highest BCUT2D eigenvalue weighted by Crippen LogP contribution is 2.24. The predicted molar refractivity (Wildman–Crippen MR) is 86.1 cm³/mol. The molecule has 0 amide bonds. The van der Waals surface area contributed by atoms with Gasteiger partial charge in [0.2, 0.25) is 0 Å². The molecule has 3 heterocycles. The van der Waals surface area contributed by atoms with E-state index < -0.39 is 0 Å². The zero-order valence-corrected chi connectivity index (χ0v) is 12.3. The highest BCUT2D eigenvalue weighted by atomic mass is 15.2. The lowest BCUT2D eigenvalue weighted by Crippen LogP contribution is -2.35. The molecule has 1 unspecified atom stereocenters. The van der Waals surface area contributed by atoms with Crippen LogP contribution in [0.1, 0.15) is 25.1 Å². The Morgan fingerprint density at radius 2 is 2.29 bits per heavy atom. The molecule has 21 heavy (non-hydrogen) atoms. The van der Waals surface area contributed by atoms with Crippen LogP contribution in [0, 0.1) is 11.3 Å². The molecule has 0 spiro atoms. The lowest BCUT2D eigenvalue weighted by atomic mass is 10.1. The van der Waals surface area contributed by atoms with E-state index in [0.29, 0.717) is 5.69 Å². The molecular formula is C16H19N5. The van der Waals surface area contributed by atoms with E-state index in [1.54, 1.807) is 12.4 Å². The molecule has 0 aromatic carbocycles. The summed E-state index contributed by atoms with van der Waals surface area (Å²) in [5, 5.41) is 11.9. The summed E-state index contributed by atoms with van der Waals surface area (Å²) < 4.78 is 0. The Balaban J connectivity index is 0.000000774. The van der Waals surface area contributed by atoms with Crippen LogP contribution in [0.2, 0.25) is 0 Å². The molecule has 3 rings (SSSR count). The van der Waals surface area contributed by atoms with Gasteiger partial charge in [0, 0.05) is 24.9 Å². The fourth-order valence-corrected chi connectivity index (χ4v) is 2.19. The first-order valence-corrected chi connectivity index (χ1v) is 7.14. The summed E-state index contributed by atoms with van der Waals surface area (Å²) in [6.45, 7) is 5.55. The topological polar surface area (TPSA) is 64.3 Å². The van der Waals surface area contributed by atoms with Crippen LogP contribution in [-0.4, -0.2) is 30.5 Å². The van der Waals surface area contributed by atoms with Crippen molar-refractivity contribution in [2.24, 2.45) is 4.99 Å². The van der Waals surface area contributed by atoms with Gasteiger partial charge in [0.05, 0.1) is 12.4 Å². The Labute approximate surface area is 125 Å². The SMILES string of the molecule is CC.N#Cc1ccc2c(n1)N(CC1C=CNC=N1)CC=C2. The zero-order valence-electron chi connectivity index (χ0n) is 12.3. The maximum atomic E-state index is 8.95. The number of nitrogens with one attached hydrogen (secondary N) is 1. The summed E-state index contributed by atoms with van der Waals surface area (Å²) in [4.78, 5) is 10.9. The summed E-state index contributed by atoms with van der Waals surface area (Å²) in [5.41, 5.74) is 1.50. The highest BCUT2D eigenvalue weighted by Gasteiger charge is 2.18. The van der Waals surface area contributed by atoms with E-state index in [0.717, 1.165) is 24.5 Å².